The van der Waals surface area contributed by atoms with Gasteiger partial charge in [-0.15, -0.1) is 0 Å². The van der Waals surface area contributed by atoms with Crippen LogP contribution < -0.4 is 0 Å². The standard InChI is InChI=1S/C19H19N5O/c25-19(18-8-5-13-3-1-2-4-17(13)22-18)23-14-6-7-15(23)12-16(11-14)24-20-9-10-21-24/h1-5,8-10,14-16H,6-7,11-12H2/t14-,15-/m0/s1. The van der Waals surface area contributed by atoms with E-state index in [9.17, 15) is 4.79 Å². The van der Waals surface area contributed by atoms with E-state index in [4.69, 9.17) is 0 Å². The Morgan fingerprint density at radius 3 is 2.40 bits per heavy atom. The molecule has 2 aromatic heterocycles. The first kappa shape index (κ1) is 14.6. The van der Waals surface area contributed by atoms with Gasteiger partial charge in [-0.1, -0.05) is 24.3 Å². The van der Waals surface area contributed by atoms with Crippen molar-refractivity contribution in [3.8, 4) is 0 Å². The zero-order valence-corrected chi connectivity index (χ0v) is 13.8. The summed E-state index contributed by atoms with van der Waals surface area (Å²) in [5.41, 5.74) is 1.42. The Bertz CT molecular complexity index is 908. The molecule has 3 aromatic rings. The van der Waals surface area contributed by atoms with Gasteiger partial charge in [0, 0.05) is 17.5 Å². The van der Waals surface area contributed by atoms with E-state index in [1.54, 1.807) is 17.2 Å². The first-order valence-electron chi connectivity index (χ1n) is 8.84. The van der Waals surface area contributed by atoms with Gasteiger partial charge >= 0.3 is 0 Å². The summed E-state index contributed by atoms with van der Waals surface area (Å²) in [6, 6.07) is 12.6. The summed E-state index contributed by atoms with van der Waals surface area (Å²) in [4.78, 5) is 21.6. The van der Waals surface area contributed by atoms with E-state index in [1.807, 2.05) is 36.4 Å². The Morgan fingerprint density at radius 2 is 1.64 bits per heavy atom. The number of fused-ring (bicyclic) bond motifs is 3. The maximum Gasteiger partial charge on any atom is 0.272 e. The lowest BCUT2D eigenvalue weighted by molar-refractivity contribution is 0.0506. The molecule has 25 heavy (non-hydrogen) atoms. The van der Waals surface area contributed by atoms with Crippen molar-refractivity contribution in [2.24, 2.45) is 0 Å². The Morgan fingerprint density at radius 1 is 0.920 bits per heavy atom. The van der Waals surface area contributed by atoms with Crippen molar-refractivity contribution in [2.75, 3.05) is 0 Å². The Kier molecular flexibility index (Phi) is 3.29. The summed E-state index contributed by atoms with van der Waals surface area (Å²) < 4.78 is 0. The molecule has 2 fully saturated rings. The molecule has 2 atom stereocenters. The van der Waals surface area contributed by atoms with Crippen molar-refractivity contribution in [1.82, 2.24) is 24.9 Å². The third-order valence-electron chi connectivity index (χ3n) is 5.52. The highest BCUT2D eigenvalue weighted by Gasteiger charge is 2.44. The number of amides is 1. The van der Waals surface area contributed by atoms with E-state index < -0.39 is 0 Å². The summed E-state index contributed by atoms with van der Waals surface area (Å²) in [5, 5.41) is 9.64. The summed E-state index contributed by atoms with van der Waals surface area (Å²) in [7, 11) is 0. The fourth-order valence-corrected chi connectivity index (χ4v) is 4.40. The maximum absolute atomic E-state index is 13.1. The molecule has 0 unspecified atom stereocenters. The molecule has 6 heteroatoms. The van der Waals surface area contributed by atoms with Gasteiger partial charge in [0.1, 0.15) is 5.69 Å². The van der Waals surface area contributed by atoms with Crippen LogP contribution in [0.15, 0.2) is 48.8 Å². The van der Waals surface area contributed by atoms with Gasteiger partial charge in [0.2, 0.25) is 0 Å². The topological polar surface area (TPSA) is 63.9 Å². The Balaban J connectivity index is 1.42. The van der Waals surface area contributed by atoms with Crippen molar-refractivity contribution < 1.29 is 4.79 Å². The summed E-state index contributed by atoms with van der Waals surface area (Å²) >= 11 is 0. The van der Waals surface area contributed by atoms with Crippen molar-refractivity contribution >= 4 is 16.8 Å². The summed E-state index contributed by atoms with van der Waals surface area (Å²) in [6.45, 7) is 0. The van der Waals surface area contributed by atoms with Crippen LogP contribution in [-0.2, 0) is 0 Å². The molecule has 2 bridgehead atoms. The quantitative estimate of drug-likeness (QED) is 0.723. The van der Waals surface area contributed by atoms with Crippen LogP contribution in [0.4, 0.5) is 0 Å². The number of para-hydroxylation sites is 1. The first-order chi connectivity index (χ1) is 12.3. The summed E-state index contributed by atoms with van der Waals surface area (Å²) in [6.07, 6.45) is 7.40. The van der Waals surface area contributed by atoms with Crippen molar-refractivity contribution in [1.29, 1.82) is 0 Å². The molecular formula is C19H19N5O. The second-order valence-electron chi connectivity index (χ2n) is 6.96. The predicted octanol–water partition coefficient (Wildman–Crippen LogP) is 2.83. The van der Waals surface area contributed by atoms with Gasteiger partial charge < -0.3 is 4.90 Å². The third-order valence-corrected chi connectivity index (χ3v) is 5.52. The molecule has 2 saturated heterocycles. The van der Waals surface area contributed by atoms with Crippen LogP contribution >= 0.6 is 0 Å². The van der Waals surface area contributed by atoms with Gasteiger partial charge in [-0.2, -0.15) is 15.0 Å². The number of hydrogen-bond donors (Lipinski definition) is 0. The monoisotopic (exact) mass is 333 g/mol. The predicted molar refractivity (Wildman–Crippen MR) is 93.0 cm³/mol. The molecule has 0 saturated carbocycles. The summed E-state index contributed by atoms with van der Waals surface area (Å²) in [5.74, 6) is 0.0603. The smallest absolute Gasteiger partial charge is 0.272 e. The van der Waals surface area contributed by atoms with Crippen LogP contribution in [-0.4, -0.2) is 42.9 Å². The van der Waals surface area contributed by atoms with Gasteiger partial charge in [-0.25, -0.2) is 4.98 Å². The largest absolute Gasteiger partial charge is 0.331 e. The number of hydrogen-bond acceptors (Lipinski definition) is 4. The van der Waals surface area contributed by atoms with Crippen molar-refractivity contribution in [2.45, 2.75) is 43.8 Å². The Hall–Kier alpha value is -2.76. The Labute approximate surface area is 145 Å². The van der Waals surface area contributed by atoms with Gasteiger partial charge in [0.15, 0.2) is 0 Å². The fourth-order valence-electron chi connectivity index (χ4n) is 4.40. The molecule has 2 aliphatic rings. The number of carbonyl (C=O) groups excluding carboxylic acids is 1. The number of rotatable bonds is 2. The van der Waals surface area contributed by atoms with Crippen LogP contribution in [0.2, 0.25) is 0 Å². The minimum atomic E-state index is 0.0603. The van der Waals surface area contributed by atoms with E-state index in [2.05, 4.69) is 20.1 Å². The van der Waals surface area contributed by atoms with Crippen LogP contribution in [0.25, 0.3) is 10.9 Å². The first-order valence-corrected chi connectivity index (χ1v) is 8.84. The molecule has 4 heterocycles. The average molecular weight is 333 g/mol. The van der Waals surface area contributed by atoms with Crippen LogP contribution in [0.3, 0.4) is 0 Å². The highest BCUT2D eigenvalue weighted by molar-refractivity contribution is 5.95. The zero-order valence-electron chi connectivity index (χ0n) is 13.8. The lowest BCUT2D eigenvalue weighted by atomic mass is 9.97. The van der Waals surface area contributed by atoms with Crippen LogP contribution in [0.5, 0.6) is 0 Å². The minimum Gasteiger partial charge on any atom is -0.331 e. The molecule has 126 valence electrons. The zero-order chi connectivity index (χ0) is 16.8. The van der Waals surface area contributed by atoms with E-state index in [0.717, 1.165) is 36.6 Å². The van der Waals surface area contributed by atoms with Gasteiger partial charge in [-0.3, -0.25) is 4.79 Å². The lowest BCUT2D eigenvalue weighted by Gasteiger charge is -2.38. The second kappa shape index (κ2) is 5.65. The second-order valence-corrected chi connectivity index (χ2v) is 6.96. The van der Waals surface area contributed by atoms with Crippen molar-refractivity contribution in [3.05, 3.63) is 54.5 Å². The molecule has 5 rings (SSSR count). The van der Waals surface area contributed by atoms with E-state index >= 15 is 0 Å². The number of benzene rings is 1. The molecule has 1 amide bonds. The molecule has 0 radical (unpaired) electrons. The number of nitrogens with zero attached hydrogens (tertiary/aromatic N) is 5. The van der Waals surface area contributed by atoms with Gasteiger partial charge in [0.05, 0.1) is 24.0 Å². The molecule has 0 spiro atoms. The van der Waals surface area contributed by atoms with Gasteiger partial charge in [0.25, 0.3) is 5.91 Å². The molecule has 6 nitrogen and oxygen atoms in total. The van der Waals surface area contributed by atoms with Crippen LogP contribution in [0.1, 0.15) is 42.2 Å². The molecule has 0 aliphatic carbocycles. The normalized spacial score (nSPS) is 25.4. The van der Waals surface area contributed by atoms with E-state index in [0.29, 0.717) is 11.7 Å². The van der Waals surface area contributed by atoms with Crippen LogP contribution in [0, 0.1) is 0 Å². The number of aromatic nitrogens is 4. The maximum atomic E-state index is 13.1. The molecular weight excluding hydrogens is 314 g/mol. The molecule has 0 N–H and O–H groups in total. The van der Waals surface area contributed by atoms with Gasteiger partial charge in [-0.05, 0) is 37.8 Å². The molecule has 1 aromatic carbocycles. The SMILES string of the molecule is O=C(c1ccc2ccccc2n1)N1[C@H]2CC[C@H]1CC(n1nccn1)C2. The average Bonchev–Trinajstić information content (AvgIpc) is 3.27. The third kappa shape index (κ3) is 2.40. The number of carbonyl (C=O) groups is 1. The molecule has 2 aliphatic heterocycles. The number of piperidine rings is 1. The number of pyridine rings is 1. The highest BCUT2D eigenvalue weighted by Crippen LogP contribution is 2.41. The highest BCUT2D eigenvalue weighted by atomic mass is 16.2. The van der Waals surface area contributed by atoms with Crippen molar-refractivity contribution in [3.63, 3.8) is 0 Å². The lowest BCUT2D eigenvalue weighted by Crippen LogP contribution is -2.47. The fraction of sp³-hybridized carbons (Fsp3) is 0.368. The van der Waals surface area contributed by atoms with E-state index in [-0.39, 0.29) is 18.0 Å². The van der Waals surface area contributed by atoms with E-state index in [1.165, 1.54) is 0 Å². The minimum absolute atomic E-state index is 0.0603.